The smallest absolute Gasteiger partial charge is 0.0710 e. The molecule has 0 saturated heterocycles. The summed E-state index contributed by atoms with van der Waals surface area (Å²) in [5.74, 6) is 0. The molecule has 0 amide bonds. The third kappa shape index (κ3) is 6.60. The summed E-state index contributed by atoms with van der Waals surface area (Å²) in [6.45, 7) is 4.86. The molecule has 3 aliphatic carbocycles. The van der Waals surface area contributed by atoms with Crippen molar-refractivity contribution >= 4 is 33.2 Å². The van der Waals surface area contributed by atoms with Crippen LogP contribution in [0.4, 0.5) is 11.4 Å². The average molecular weight is 819 g/mol. The van der Waals surface area contributed by atoms with E-state index in [4.69, 9.17) is 6.58 Å². The first-order valence-electron chi connectivity index (χ1n) is 22.1. The van der Waals surface area contributed by atoms with E-state index >= 15 is 0 Å². The molecule has 0 unspecified atom stereocenters. The van der Waals surface area contributed by atoms with Crippen molar-refractivity contribution in [2.24, 2.45) is 0 Å². The van der Waals surface area contributed by atoms with Crippen LogP contribution in [0.25, 0.3) is 49.7 Å². The lowest BCUT2D eigenvalue weighted by molar-refractivity contribution is 0.759. The van der Waals surface area contributed by atoms with Crippen molar-refractivity contribution in [3.63, 3.8) is 0 Å². The van der Waals surface area contributed by atoms with Crippen LogP contribution in [0.2, 0.25) is 0 Å². The minimum atomic E-state index is -0.598. The highest BCUT2D eigenvalue weighted by Gasteiger charge is 2.47. The van der Waals surface area contributed by atoms with Gasteiger partial charge in [0.1, 0.15) is 0 Å². The summed E-state index contributed by atoms with van der Waals surface area (Å²) < 4.78 is 2.38. The maximum absolute atomic E-state index is 4.86. The lowest BCUT2D eigenvalue weighted by atomic mass is 9.65. The third-order valence-corrected chi connectivity index (χ3v) is 12.9. The highest BCUT2D eigenvalue weighted by Crippen LogP contribution is 2.58. The monoisotopic (exact) mass is 818 g/mol. The van der Waals surface area contributed by atoms with E-state index in [2.05, 4.69) is 264 Å². The first-order valence-corrected chi connectivity index (χ1v) is 22.1. The maximum Gasteiger partial charge on any atom is 0.0710 e. The Morgan fingerprint density at radius 3 is 1.69 bits per heavy atom. The second-order valence-electron chi connectivity index (χ2n) is 16.5. The molecule has 1 heterocycles. The number of para-hydroxylation sites is 2. The Bertz CT molecular complexity index is 3240. The predicted octanol–water partition coefficient (Wildman–Crippen LogP) is 16.0. The summed E-state index contributed by atoms with van der Waals surface area (Å²) >= 11 is 0. The number of hydrogen-bond donors (Lipinski definition) is 0. The van der Waals surface area contributed by atoms with Crippen molar-refractivity contribution in [3.05, 3.63) is 295 Å². The van der Waals surface area contributed by atoms with Gasteiger partial charge >= 0.3 is 0 Å². The van der Waals surface area contributed by atoms with Gasteiger partial charge in [-0.05, 0) is 117 Å². The van der Waals surface area contributed by atoms with Crippen LogP contribution in [0.1, 0.15) is 17.5 Å². The zero-order valence-corrected chi connectivity index (χ0v) is 35.6. The first kappa shape index (κ1) is 38.7. The van der Waals surface area contributed by atoms with E-state index in [1.807, 2.05) is 0 Å². The largest absolute Gasteiger partial charge is 0.311 e. The zero-order valence-electron chi connectivity index (χ0n) is 35.6. The molecule has 7 aromatic carbocycles. The van der Waals surface area contributed by atoms with E-state index in [-0.39, 0.29) is 0 Å². The van der Waals surface area contributed by atoms with Crippen molar-refractivity contribution in [2.75, 3.05) is 4.90 Å². The number of rotatable bonds is 5. The fraction of sp³-hybridized carbons (Fsp3) is 0.0323. The lowest BCUT2D eigenvalue weighted by Gasteiger charge is -2.36. The number of aromatic nitrogens is 1. The summed E-state index contributed by atoms with van der Waals surface area (Å²) in [5.41, 5.74) is 16.9. The van der Waals surface area contributed by atoms with E-state index in [9.17, 15) is 0 Å². The Balaban J connectivity index is 1.09. The summed E-state index contributed by atoms with van der Waals surface area (Å²) in [6.07, 6.45) is 29.4. The van der Waals surface area contributed by atoms with Crippen LogP contribution < -0.4 is 4.90 Å². The molecular weight excluding hydrogens is 773 g/mol. The third-order valence-electron chi connectivity index (χ3n) is 12.9. The van der Waals surface area contributed by atoms with Gasteiger partial charge in [0.25, 0.3) is 0 Å². The molecule has 2 heteroatoms. The summed E-state index contributed by atoms with van der Waals surface area (Å²) in [4.78, 5) is 2.37. The fourth-order valence-corrected chi connectivity index (χ4v) is 10.1. The standard InChI is InChI=1S/C62H46N2/c1-45-21-7-5-10-24-48-37-40-49(25-11-3-2-4-12-30-57(48)62(45)58-31-17-13-26-53(58)54-27-14-18-32-59(54)62)63(50-38-35-47(36-39-50)46-22-8-6-9-23-46)51-41-43-52(44-42-51)64-60-33-19-15-28-55(60)56-29-16-20-34-61(56)64/h2-23,25-44H,1,24H2/b3-2?,4-2+,10-5-,11-3+,12-4?,21-7-,25-11?,30-12-,40-37?,48-37?,49-25-,49-40?,57-30?,57-48?. The van der Waals surface area contributed by atoms with Crippen LogP contribution in [0.3, 0.4) is 0 Å². The molecule has 1 spiro atoms. The number of benzene rings is 7. The molecule has 0 bridgehead atoms. The lowest BCUT2D eigenvalue weighted by Crippen LogP contribution is -2.30. The summed E-state index contributed by atoms with van der Waals surface area (Å²) in [5, 5.41) is 2.50. The molecule has 1 aromatic heterocycles. The molecule has 8 aromatic rings. The van der Waals surface area contributed by atoms with E-state index in [1.54, 1.807) is 0 Å². The number of allylic oxidation sites excluding steroid dienone is 16. The van der Waals surface area contributed by atoms with Gasteiger partial charge < -0.3 is 9.47 Å². The Kier molecular flexibility index (Phi) is 10.0. The highest BCUT2D eigenvalue weighted by molar-refractivity contribution is 6.09. The molecule has 304 valence electrons. The predicted molar refractivity (Wildman–Crippen MR) is 271 cm³/mol. The number of anilines is 2. The van der Waals surface area contributed by atoms with Gasteiger partial charge in [0.2, 0.25) is 0 Å². The Hall–Kier alpha value is -8.20. The number of fused-ring (bicyclic) bond motifs is 9. The zero-order chi connectivity index (χ0) is 42.9. The summed E-state index contributed by atoms with van der Waals surface area (Å²) in [7, 11) is 0. The first-order chi connectivity index (χ1) is 31.7. The van der Waals surface area contributed by atoms with Gasteiger partial charge in [-0.2, -0.15) is 0 Å². The van der Waals surface area contributed by atoms with Crippen molar-refractivity contribution in [1.29, 1.82) is 0 Å². The average Bonchev–Trinajstić information content (AvgIpc) is 3.86. The molecule has 3 aliphatic rings. The van der Waals surface area contributed by atoms with Gasteiger partial charge in [-0.3, -0.25) is 0 Å². The van der Waals surface area contributed by atoms with E-state index in [0.29, 0.717) is 0 Å². The topological polar surface area (TPSA) is 8.17 Å². The van der Waals surface area contributed by atoms with Crippen LogP contribution in [0, 0.1) is 0 Å². The molecule has 0 saturated carbocycles. The number of nitrogens with zero attached hydrogens (tertiary/aromatic N) is 2. The maximum atomic E-state index is 4.86. The summed E-state index contributed by atoms with van der Waals surface area (Å²) in [6, 6.07) is 63.7. The minimum absolute atomic E-state index is 0.598. The van der Waals surface area contributed by atoms with Gasteiger partial charge in [-0.25, -0.2) is 0 Å². The Morgan fingerprint density at radius 1 is 0.453 bits per heavy atom. The van der Waals surface area contributed by atoms with Gasteiger partial charge in [0, 0.05) is 33.5 Å². The molecule has 0 fully saturated rings. The molecular formula is C62H46N2. The quantitative estimate of drug-likeness (QED) is 0.168. The molecule has 2 nitrogen and oxygen atoms in total. The molecule has 64 heavy (non-hydrogen) atoms. The van der Waals surface area contributed by atoms with Crippen LogP contribution in [-0.4, -0.2) is 4.57 Å². The SMILES string of the molecule is C=C1/C=C\C=C/CC2=C(\C=C/C=C/C=C/C=C(\N(c3ccc(-c4ccccc4)cc3)c3ccc(-n4c5ccccc5c5ccccc54)cc3)C=C2)C12c1ccccc1-c1ccccc12. The molecule has 0 atom stereocenters. The molecule has 0 N–H and O–H groups in total. The molecule has 11 rings (SSSR count). The van der Waals surface area contributed by atoms with Crippen molar-refractivity contribution in [2.45, 2.75) is 11.8 Å². The van der Waals surface area contributed by atoms with Crippen LogP contribution >= 0.6 is 0 Å². The Labute approximate surface area is 375 Å². The van der Waals surface area contributed by atoms with Gasteiger partial charge in [0.05, 0.1) is 16.4 Å². The second-order valence-corrected chi connectivity index (χ2v) is 16.5. The second kappa shape index (κ2) is 16.6. The van der Waals surface area contributed by atoms with Crippen molar-refractivity contribution in [3.8, 4) is 27.9 Å². The normalized spacial score (nSPS) is 18.6. The fourth-order valence-electron chi connectivity index (χ4n) is 10.1. The van der Waals surface area contributed by atoms with Crippen molar-refractivity contribution in [1.82, 2.24) is 4.57 Å². The van der Waals surface area contributed by atoms with Crippen LogP contribution in [0.5, 0.6) is 0 Å². The highest BCUT2D eigenvalue weighted by atomic mass is 15.1. The van der Waals surface area contributed by atoms with Gasteiger partial charge in [0.15, 0.2) is 0 Å². The van der Waals surface area contributed by atoms with E-state index < -0.39 is 5.41 Å². The molecule has 0 aliphatic heterocycles. The Morgan fingerprint density at radius 2 is 1.00 bits per heavy atom. The van der Waals surface area contributed by atoms with Gasteiger partial charge in [-0.1, -0.05) is 201 Å². The molecule has 0 radical (unpaired) electrons. The van der Waals surface area contributed by atoms with E-state index in [1.165, 1.54) is 66.3 Å². The van der Waals surface area contributed by atoms with Crippen LogP contribution in [0.15, 0.2) is 284 Å². The minimum Gasteiger partial charge on any atom is -0.311 e. The van der Waals surface area contributed by atoms with Crippen molar-refractivity contribution < 1.29 is 0 Å². The van der Waals surface area contributed by atoms with E-state index in [0.717, 1.165) is 34.8 Å². The number of hydrogen-bond acceptors (Lipinski definition) is 1. The van der Waals surface area contributed by atoms with Crippen LogP contribution in [-0.2, 0) is 5.41 Å². The van der Waals surface area contributed by atoms with Gasteiger partial charge in [-0.15, -0.1) is 0 Å².